The maximum Gasteiger partial charge on any atom is 0.307 e. The smallest absolute Gasteiger partial charge is 0.307 e. The summed E-state index contributed by atoms with van der Waals surface area (Å²) in [7, 11) is 7.96. The van der Waals surface area contributed by atoms with Crippen molar-refractivity contribution in [2.24, 2.45) is 0 Å². The van der Waals surface area contributed by atoms with Gasteiger partial charge < -0.3 is 19.3 Å². The first-order valence-electron chi connectivity index (χ1n) is 23.9. The van der Waals surface area contributed by atoms with Crippen LogP contribution in [-0.4, -0.2) is 161 Å². The third kappa shape index (κ3) is 12.7. The van der Waals surface area contributed by atoms with Crippen LogP contribution in [0.25, 0.3) is 0 Å². The lowest BCUT2D eigenvalue weighted by Gasteiger charge is -2.38. The summed E-state index contributed by atoms with van der Waals surface area (Å²) in [5.41, 5.74) is 4.66. The van der Waals surface area contributed by atoms with Crippen LogP contribution in [0.4, 0.5) is 11.4 Å². The van der Waals surface area contributed by atoms with Crippen molar-refractivity contribution in [1.82, 2.24) is 19.6 Å². The van der Waals surface area contributed by atoms with Crippen molar-refractivity contribution in [3.05, 3.63) is 131 Å². The minimum absolute atomic E-state index is 0.0433. The molecule has 2 aliphatic heterocycles. The normalized spacial score (nSPS) is 16.7. The topological polar surface area (TPSA) is 106 Å². The van der Waals surface area contributed by atoms with Gasteiger partial charge in [-0.3, -0.25) is 38.8 Å². The number of rotatable bonds is 23. The molecule has 0 N–H and O–H groups in total. The summed E-state index contributed by atoms with van der Waals surface area (Å²) < 4.78 is 10.8. The Kier molecular flexibility index (Phi) is 18.1. The lowest BCUT2D eigenvalue weighted by atomic mass is 9.80. The molecule has 2 aliphatic rings. The van der Waals surface area contributed by atoms with E-state index in [4.69, 9.17) is 9.47 Å². The molecule has 0 saturated carbocycles. The number of piperazine rings is 2. The average molecular weight is 901 g/mol. The van der Waals surface area contributed by atoms with Gasteiger partial charge in [0.1, 0.15) is 13.2 Å². The highest BCUT2D eigenvalue weighted by Crippen LogP contribution is 2.31. The molecule has 0 bridgehead atoms. The van der Waals surface area contributed by atoms with E-state index in [1.54, 1.807) is 0 Å². The van der Waals surface area contributed by atoms with E-state index >= 15 is 0 Å². The van der Waals surface area contributed by atoms with Gasteiger partial charge in [-0.25, -0.2) is 0 Å². The van der Waals surface area contributed by atoms with Crippen molar-refractivity contribution in [2.45, 2.75) is 63.5 Å². The Morgan fingerprint density at radius 2 is 0.818 bits per heavy atom. The number of esters is 2. The second-order valence-corrected chi connectivity index (χ2v) is 18.2. The van der Waals surface area contributed by atoms with E-state index in [2.05, 4.69) is 91.8 Å². The van der Waals surface area contributed by atoms with E-state index in [1.165, 1.54) is 0 Å². The highest BCUT2D eigenvalue weighted by atomic mass is 16.6. The van der Waals surface area contributed by atoms with E-state index in [0.29, 0.717) is 38.8 Å². The van der Waals surface area contributed by atoms with Gasteiger partial charge in [-0.2, -0.15) is 0 Å². The van der Waals surface area contributed by atoms with Gasteiger partial charge in [0.15, 0.2) is 11.6 Å². The zero-order valence-electron chi connectivity index (χ0n) is 40.3. The molecule has 0 radical (unpaired) electrons. The summed E-state index contributed by atoms with van der Waals surface area (Å²) >= 11 is 0. The number of carbonyl (C=O) groups is 4. The summed E-state index contributed by atoms with van der Waals surface area (Å²) in [6.45, 7) is 12.0. The van der Waals surface area contributed by atoms with Crippen LogP contribution in [0, 0.1) is 0 Å². The van der Waals surface area contributed by atoms with Crippen molar-refractivity contribution in [1.29, 1.82) is 0 Å². The maximum absolute atomic E-state index is 14.0. The molecular formula is C54H72N6O6. The Bertz CT molecular complexity index is 2000. The van der Waals surface area contributed by atoms with Crippen LogP contribution in [0.2, 0.25) is 0 Å². The summed E-state index contributed by atoms with van der Waals surface area (Å²) in [4.78, 5) is 66.3. The number of likely N-dealkylation sites (N-methyl/N-ethyl adjacent to an activating group) is 2. The molecule has 354 valence electrons. The Morgan fingerprint density at radius 1 is 0.485 bits per heavy atom. The molecule has 2 saturated heterocycles. The predicted molar refractivity (Wildman–Crippen MR) is 264 cm³/mol. The standard InChI is InChI=1S/C54H72N6O6/c1-7-53(55(3)4,41-43-15-11-9-12-16-43)51(63)45-19-23-47(24-20-45)59-35-31-57(32-36-59)29-27-49(61)65-39-40-66-50(62)28-30-58-33-37-60(38-34-58)48-25-21-46(22-26-48)52(64)54(8-2,56(5)6)42-44-17-13-10-14-18-44/h9-26H,7-8,27-42H2,1-6H3. The van der Waals surface area contributed by atoms with Crippen LogP contribution in [0.5, 0.6) is 0 Å². The van der Waals surface area contributed by atoms with Gasteiger partial charge in [-0.05, 0) is 114 Å². The average Bonchev–Trinajstić information content (AvgIpc) is 3.35. The SMILES string of the molecule is CCC(Cc1ccccc1)(C(=O)c1ccc(N2CCN(CCC(=O)OCCOC(=O)CCN3CCN(c4ccc(C(=O)C(CC)(Cc5ccccc5)N(C)C)cc4)CC3)CC2)cc1)N(C)C. The highest BCUT2D eigenvalue weighted by Gasteiger charge is 2.41. The number of ketones is 2. The molecule has 2 unspecified atom stereocenters. The Morgan fingerprint density at radius 3 is 1.12 bits per heavy atom. The number of Topliss-reactive ketones (excluding diaryl/α,β-unsaturated/α-hetero) is 2. The second-order valence-electron chi connectivity index (χ2n) is 18.2. The monoisotopic (exact) mass is 901 g/mol. The Labute approximate surface area is 393 Å². The predicted octanol–water partition coefficient (Wildman–Crippen LogP) is 6.77. The molecule has 0 spiro atoms. The summed E-state index contributed by atoms with van der Waals surface area (Å²) in [5.74, 6) is -0.329. The first-order valence-corrected chi connectivity index (χ1v) is 23.9. The number of nitrogens with zero attached hydrogens (tertiary/aromatic N) is 6. The van der Waals surface area contributed by atoms with Gasteiger partial charge in [0.05, 0.1) is 23.9 Å². The lowest BCUT2D eigenvalue weighted by molar-refractivity contribution is -0.152. The van der Waals surface area contributed by atoms with Crippen molar-refractivity contribution < 1.29 is 28.7 Å². The first kappa shape index (κ1) is 50.0. The van der Waals surface area contributed by atoms with Crippen LogP contribution in [0.15, 0.2) is 109 Å². The summed E-state index contributed by atoms with van der Waals surface area (Å²) in [5, 5.41) is 0. The van der Waals surface area contributed by atoms with Crippen molar-refractivity contribution in [3.8, 4) is 0 Å². The van der Waals surface area contributed by atoms with Gasteiger partial charge in [0.25, 0.3) is 0 Å². The van der Waals surface area contributed by atoms with Gasteiger partial charge in [-0.1, -0.05) is 74.5 Å². The molecule has 12 nitrogen and oxygen atoms in total. The highest BCUT2D eigenvalue weighted by molar-refractivity contribution is 6.04. The lowest BCUT2D eigenvalue weighted by Crippen LogP contribution is -2.52. The van der Waals surface area contributed by atoms with Crippen molar-refractivity contribution in [3.63, 3.8) is 0 Å². The van der Waals surface area contributed by atoms with Gasteiger partial charge >= 0.3 is 11.9 Å². The molecular weight excluding hydrogens is 829 g/mol. The molecule has 66 heavy (non-hydrogen) atoms. The molecule has 4 aromatic carbocycles. The fraction of sp³-hybridized carbons (Fsp3) is 0.481. The van der Waals surface area contributed by atoms with E-state index in [9.17, 15) is 19.2 Å². The van der Waals surface area contributed by atoms with Crippen LogP contribution in [-0.2, 0) is 31.9 Å². The van der Waals surface area contributed by atoms with E-state index in [1.807, 2.05) is 88.9 Å². The second kappa shape index (κ2) is 23.9. The quantitative estimate of drug-likeness (QED) is 0.0446. The minimum atomic E-state index is -0.625. The number of carbonyl (C=O) groups excluding carboxylic acids is 4. The number of hydrogen-bond donors (Lipinski definition) is 0. The van der Waals surface area contributed by atoms with Crippen molar-refractivity contribution in [2.75, 3.05) is 117 Å². The zero-order chi connectivity index (χ0) is 47.1. The maximum atomic E-state index is 14.0. The molecule has 0 aliphatic carbocycles. The van der Waals surface area contributed by atoms with Crippen molar-refractivity contribution >= 4 is 34.9 Å². The third-order valence-corrected chi connectivity index (χ3v) is 14.0. The largest absolute Gasteiger partial charge is 0.462 e. The molecule has 6 rings (SSSR count). The fourth-order valence-corrected chi connectivity index (χ4v) is 9.55. The van der Waals surface area contributed by atoms with Crippen LogP contribution in [0.1, 0.15) is 71.4 Å². The molecule has 12 heteroatoms. The zero-order valence-corrected chi connectivity index (χ0v) is 40.3. The number of anilines is 2. The summed E-state index contributed by atoms with van der Waals surface area (Å²) in [6.07, 6.45) is 3.27. The van der Waals surface area contributed by atoms with Gasteiger partial charge in [-0.15, -0.1) is 0 Å². The van der Waals surface area contributed by atoms with Crippen LogP contribution >= 0.6 is 0 Å². The van der Waals surface area contributed by atoms with E-state index in [-0.39, 0.29) is 49.6 Å². The Hall–Kier alpha value is -5.40. The number of benzene rings is 4. The molecule has 0 amide bonds. The molecule has 2 fully saturated rings. The van der Waals surface area contributed by atoms with Crippen LogP contribution < -0.4 is 9.80 Å². The molecule has 2 heterocycles. The van der Waals surface area contributed by atoms with Gasteiger partial charge in [0, 0.05) is 87.9 Å². The van der Waals surface area contributed by atoms with E-state index in [0.717, 1.165) is 86.0 Å². The third-order valence-electron chi connectivity index (χ3n) is 14.0. The Balaban J connectivity index is 0.833. The van der Waals surface area contributed by atoms with Gasteiger partial charge in [0.2, 0.25) is 0 Å². The van der Waals surface area contributed by atoms with E-state index < -0.39 is 11.1 Å². The molecule has 2 atom stereocenters. The van der Waals surface area contributed by atoms with Crippen LogP contribution in [0.3, 0.4) is 0 Å². The molecule has 4 aromatic rings. The summed E-state index contributed by atoms with van der Waals surface area (Å²) in [6, 6.07) is 36.5. The molecule has 0 aromatic heterocycles. The fourth-order valence-electron chi connectivity index (χ4n) is 9.55. The first-order chi connectivity index (χ1) is 31.9. The number of hydrogen-bond acceptors (Lipinski definition) is 12. The number of ether oxygens (including phenoxy) is 2. The minimum Gasteiger partial charge on any atom is -0.462 e.